The van der Waals surface area contributed by atoms with E-state index < -0.39 is 9.84 Å². The Kier molecular flexibility index (Phi) is 5.85. The maximum Gasteiger partial charge on any atom is 0.204 e. The molecule has 0 atom stereocenters. The molecule has 0 unspecified atom stereocenters. The van der Waals surface area contributed by atoms with Gasteiger partial charge in [0.25, 0.3) is 0 Å². The van der Waals surface area contributed by atoms with Crippen LogP contribution in [0.2, 0.25) is 0 Å². The van der Waals surface area contributed by atoms with E-state index in [4.69, 9.17) is 0 Å². The first-order chi connectivity index (χ1) is 10.2. The fraction of sp³-hybridized carbons (Fsp3) is 0.529. The normalized spacial score (nSPS) is 17.6. The molecule has 1 aliphatic heterocycles. The van der Waals surface area contributed by atoms with Gasteiger partial charge in [-0.3, -0.25) is 0 Å². The highest BCUT2D eigenvalue weighted by Crippen LogP contribution is 2.29. The van der Waals surface area contributed by atoms with Crippen LogP contribution in [0, 0.1) is 0 Å². The number of rotatable bonds is 7. The quantitative estimate of drug-likeness (QED) is 0.774. The van der Waals surface area contributed by atoms with Crippen LogP contribution in [-0.2, 0) is 9.84 Å². The molecule has 0 saturated carbocycles. The van der Waals surface area contributed by atoms with Crippen LogP contribution >= 0.6 is 0 Å². The molecule has 0 aliphatic carbocycles. The Morgan fingerprint density at radius 3 is 2.52 bits per heavy atom. The van der Waals surface area contributed by atoms with Crippen LogP contribution in [0.5, 0.6) is 0 Å². The molecule has 21 heavy (non-hydrogen) atoms. The fourth-order valence-electron chi connectivity index (χ4n) is 2.73. The minimum atomic E-state index is -3.35. The average Bonchev–Trinajstić information content (AvgIpc) is 3.02. The predicted octanol–water partition coefficient (Wildman–Crippen LogP) is 4.03. The number of allylic oxidation sites excluding steroid dienone is 2. The van der Waals surface area contributed by atoms with Gasteiger partial charge in [0.2, 0.25) is 9.84 Å². The third kappa shape index (κ3) is 4.10. The molecule has 1 aliphatic rings. The minimum absolute atomic E-state index is 0.414. The summed E-state index contributed by atoms with van der Waals surface area (Å²) >= 11 is 0. The number of hydrogen-bond acceptors (Lipinski definition) is 3. The molecule has 0 spiro atoms. The zero-order chi connectivity index (χ0) is 15.1. The Hall–Kier alpha value is -1.29. The summed E-state index contributed by atoms with van der Waals surface area (Å²) in [7, 11) is -3.35. The van der Waals surface area contributed by atoms with Gasteiger partial charge < -0.3 is 5.32 Å². The fourth-order valence-corrected chi connectivity index (χ4v) is 4.44. The van der Waals surface area contributed by atoms with Crippen molar-refractivity contribution in [1.29, 1.82) is 0 Å². The van der Waals surface area contributed by atoms with E-state index in [1.165, 1.54) is 6.42 Å². The first-order valence-electron chi connectivity index (χ1n) is 7.92. The first kappa shape index (κ1) is 16.1. The van der Waals surface area contributed by atoms with Crippen molar-refractivity contribution in [3.05, 3.63) is 40.9 Å². The van der Waals surface area contributed by atoms with Gasteiger partial charge in [0.05, 0.1) is 9.80 Å². The van der Waals surface area contributed by atoms with Gasteiger partial charge in [-0.1, -0.05) is 44.4 Å². The SMILES string of the molecule is CCCCCC/C(=C1\CCCN1)S(=O)(=O)c1ccccc1. The van der Waals surface area contributed by atoms with Crippen molar-refractivity contribution in [2.45, 2.75) is 56.8 Å². The lowest BCUT2D eigenvalue weighted by molar-refractivity contribution is 0.595. The van der Waals surface area contributed by atoms with Crippen molar-refractivity contribution in [3.63, 3.8) is 0 Å². The maximum absolute atomic E-state index is 12.9. The molecule has 1 N–H and O–H groups in total. The molecule has 116 valence electrons. The van der Waals surface area contributed by atoms with Gasteiger partial charge in [-0.2, -0.15) is 0 Å². The molecule has 0 radical (unpaired) electrons. The van der Waals surface area contributed by atoms with Gasteiger partial charge in [0.1, 0.15) is 0 Å². The molecule has 1 heterocycles. The lowest BCUT2D eigenvalue weighted by Crippen LogP contribution is -2.14. The third-order valence-electron chi connectivity index (χ3n) is 3.91. The van der Waals surface area contributed by atoms with Crippen LogP contribution in [0.15, 0.2) is 45.8 Å². The standard InChI is InChI=1S/C17H25NO2S/c1-2-3-4-8-13-17(16-12-9-14-18-16)21(19,20)15-10-6-5-7-11-15/h5-7,10-11,18H,2-4,8-9,12-14H2,1H3/b17-16-. The molecular weight excluding hydrogens is 282 g/mol. The van der Waals surface area contributed by atoms with Crippen molar-refractivity contribution < 1.29 is 8.42 Å². The molecule has 1 fully saturated rings. The summed E-state index contributed by atoms with van der Waals surface area (Å²) in [4.78, 5) is 1.03. The molecule has 1 saturated heterocycles. The Labute approximate surface area is 128 Å². The summed E-state index contributed by atoms with van der Waals surface area (Å²) in [6.07, 6.45) is 6.90. The van der Waals surface area contributed by atoms with Crippen LogP contribution in [0.3, 0.4) is 0 Å². The van der Waals surface area contributed by atoms with Crippen LogP contribution in [-0.4, -0.2) is 15.0 Å². The smallest absolute Gasteiger partial charge is 0.204 e. The molecule has 0 amide bonds. The second-order valence-corrected chi connectivity index (χ2v) is 7.53. The van der Waals surface area contributed by atoms with E-state index in [1.54, 1.807) is 24.3 Å². The lowest BCUT2D eigenvalue weighted by Gasteiger charge is -2.13. The Morgan fingerprint density at radius 1 is 1.14 bits per heavy atom. The third-order valence-corrected chi connectivity index (χ3v) is 5.91. The second-order valence-electron chi connectivity index (χ2n) is 5.56. The summed E-state index contributed by atoms with van der Waals surface area (Å²) in [5.41, 5.74) is 0.940. The Balaban J connectivity index is 2.25. The van der Waals surface area contributed by atoms with Gasteiger partial charge in [-0.15, -0.1) is 0 Å². The summed E-state index contributed by atoms with van der Waals surface area (Å²) in [6.45, 7) is 3.05. The maximum atomic E-state index is 12.9. The Bertz CT molecular complexity index is 568. The highest BCUT2D eigenvalue weighted by atomic mass is 32.2. The van der Waals surface area contributed by atoms with Crippen molar-refractivity contribution >= 4 is 9.84 Å². The molecule has 2 rings (SSSR count). The lowest BCUT2D eigenvalue weighted by atomic mass is 10.1. The number of benzene rings is 1. The van der Waals surface area contributed by atoms with Crippen molar-refractivity contribution in [2.24, 2.45) is 0 Å². The molecule has 3 nitrogen and oxygen atoms in total. The van der Waals surface area contributed by atoms with Crippen molar-refractivity contribution in [2.75, 3.05) is 6.54 Å². The average molecular weight is 307 g/mol. The largest absolute Gasteiger partial charge is 0.388 e. The van der Waals surface area contributed by atoms with E-state index in [0.29, 0.717) is 16.2 Å². The molecule has 4 heteroatoms. The molecule has 0 aromatic heterocycles. The van der Waals surface area contributed by atoms with E-state index >= 15 is 0 Å². The van der Waals surface area contributed by atoms with Crippen molar-refractivity contribution in [1.82, 2.24) is 5.32 Å². The Morgan fingerprint density at radius 2 is 1.90 bits per heavy atom. The van der Waals surface area contributed by atoms with Crippen LogP contribution < -0.4 is 5.32 Å². The summed E-state index contributed by atoms with van der Waals surface area (Å²) in [5, 5.41) is 3.27. The highest BCUT2D eigenvalue weighted by molar-refractivity contribution is 7.95. The summed E-state index contributed by atoms with van der Waals surface area (Å²) in [5.74, 6) is 0. The molecule has 0 bridgehead atoms. The predicted molar refractivity (Wildman–Crippen MR) is 86.6 cm³/mol. The zero-order valence-electron chi connectivity index (χ0n) is 12.8. The van der Waals surface area contributed by atoms with E-state index in [0.717, 1.165) is 44.3 Å². The monoisotopic (exact) mass is 307 g/mol. The van der Waals surface area contributed by atoms with Crippen LogP contribution in [0.25, 0.3) is 0 Å². The van der Waals surface area contributed by atoms with Crippen LogP contribution in [0.1, 0.15) is 51.9 Å². The van der Waals surface area contributed by atoms with E-state index in [1.807, 2.05) is 6.07 Å². The van der Waals surface area contributed by atoms with Gasteiger partial charge in [0, 0.05) is 12.2 Å². The molecule has 1 aromatic rings. The number of nitrogens with one attached hydrogen (secondary N) is 1. The van der Waals surface area contributed by atoms with Gasteiger partial charge in [0.15, 0.2) is 0 Å². The van der Waals surface area contributed by atoms with Gasteiger partial charge in [-0.25, -0.2) is 8.42 Å². The topological polar surface area (TPSA) is 46.2 Å². The molecular formula is C17H25NO2S. The number of hydrogen-bond donors (Lipinski definition) is 1. The van der Waals surface area contributed by atoms with Crippen molar-refractivity contribution in [3.8, 4) is 0 Å². The van der Waals surface area contributed by atoms with Crippen LogP contribution in [0.4, 0.5) is 0 Å². The minimum Gasteiger partial charge on any atom is -0.388 e. The van der Waals surface area contributed by atoms with Gasteiger partial charge >= 0.3 is 0 Å². The number of unbranched alkanes of at least 4 members (excludes halogenated alkanes) is 3. The molecule has 1 aromatic carbocycles. The number of sulfone groups is 1. The first-order valence-corrected chi connectivity index (χ1v) is 9.40. The summed E-state index contributed by atoms with van der Waals surface area (Å²) in [6, 6.07) is 8.80. The van der Waals surface area contributed by atoms with E-state index in [9.17, 15) is 8.42 Å². The van der Waals surface area contributed by atoms with Gasteiger partial charge in [-0.05, 0) is 37.8 Å². The summed E-state index contributed by atoms with van der Waals surface area (Å²) < 4.78 is 25.8. The highest BCUT2D eigenvalue weighted by Gasteiger charge is 2.25. The zero-order valence-corrected chi connectivity index (χ0v) is 13.6. The van der Waals surface area contributed by atoms with E-state index in [2.05, 4.69) is 12.2 Å². The second kappa shape index (κ2) is 7.64. The van der Waals surface area contributed by atoms with E-state index in [-0.39, 0.29) is 0 Å².